The molecule has 0 N–H and O–H groups in total. The lowest BCUT2D eigenvalue weighted by atomic mass is 9.94. The summed E-state index contributed by atoms with van der Waals surface area (Å²) in [5, 5.41) is 0. The summed E-state index contributed by atoms with van der Waals surface area (Å²) in [4.78, 5) is 0. The normalized spacial score (nSPS) is 35.3. The summed E-state index contributed by atoms with van der Waals surface area (Å²) in [5.41, 5.74) is 1.43. The van der Waals surface area contributed by atoms with Gasteiger partial charge in [-0.3, -0.25) is 0 Å². The Bertz CT molecular complexity index is 308. The highest BCUT2D eigenvalue weighted by Crippen LogP contribution is 2.55. The van der Waals surface area contributed by atoms with E-state index >= 15 is 0 Å². The monoisotopic (exact) mass is 312 g/mol. The van der Waals surface area contributed by atoms with E-state index in [4.69, 9.17) is 8.85 Å². The van der Waals surface area contributed by atoms with Crippen LogP contribution in [0.3, 0.4) is 0 Å². The first-order valence-corrected chi connectivity index (χ1v) is 11.3. The zero-order valence-electron chi connectivity index (χ0n) is 14.9. The van der Waals surface area contributed by atoms with Crippen molar-refractivity contribution in [3.63, 3.8) is 0 Å². The topological polar surface area (TPSA) is 18.5 Å². The summed E-state index contributed by atoms with van der Waals surface area (Å²) < 4.78 is 13.2. The van der Waals surface area contributed by atoms with Gasteiger partial charge in [-0.05, 0) is 50.9 Å². The molecule has 0 spiro atoms. The molecule has 3 heteroatoms. The Labute approximate surface area is 133 Å². The van der Waals surface area contributed by atoms with Gasteiger partial charge >= 0.3 is 8.56 Å². The van der Waals surface area contributed by atoms with E-state index in [9.17, 15) is 0 Å². The Morgan fingerprint density at radius 1 is 0.857 bits per heavy atom. The van der Waals surface area contributed by atoms with Gasteiger partial charge in [-0.1, -0.05) is 40.0 Å². The standard InChI is InChI=1S/C18H36O2Si/c1-6-19-21(20-7-2,17-11-9-8-10-12-17)18-13-14(3)15(4)16(18)5/h14-18H,6-13H2,1-5H3. The quantitative estimate of drug-likeness (QED) is 0.601. The van der Waals surface area contributed by atoms with Gasteiger partial charge < -0.3 is 8.85 Å². The molecule has 0 heterocycles. The highest BCUT2D eigenvalue weighted by Gasteiger charge is 2.57. The fourth-order valence-corrected chi connectivity index (χ4v) is 10.4. The molecule has 21 heavy (non-hydrogen) atoms. The molecule has 0 saturated heterocycles. The van der Waals surface area contributed by atoms with E-state index in [1.165, 1.54) is 38.5 Å². The van der Waals surface area contributed by atoms with Crippen molar-refractivity contribution in [2.75, 3.05) is 13.2 Å². The van der Waals surface area contributed by atoms with Crippen molar-refractivity contribution in [3.05, 3.63) is 0 Å². The molecule has 2 nitrogen and oxygen atoms in total. The Hall–Kier alpha value is 0.137. The number of rotatable bonds is 6. The van der Waals surface area contributed by atoms with E-state index in [0.717, 1.165) is 36.5 Å². The summed E-state index contributed by atoms with van der Waals surface area (Å²) in [6, 6.07) is 0. The molecule has 0 radical (unpaired) electrons. The molecule has 2 rings (SSSR count). The molecular formula is C18H36O2Si. The van der Waals surface area contributed by atoms with E-state index in [0.29, 0.717) is 5.54 Å². The molecule has 2 aliphatic rings. The van der Waals surface area contributed by atoms with Crippen LogP contribution in [0.5, 0.6) is 0 Å². The predicted octanol–water partition coefficient (Wildman–Crippen LogP) is 5.52. The first-order valence-electron chi connectivity index (χ1n) is 9.34. The minimum absolute atomic E-state index is 0.700. The first kappa shape index (κ1) is 17.5. The second-order valence-electron chi connectivity index (χ2n) is 7.46. The van der Waals surface area contributed by atoms with Crippen molar-refractivity contribution in [2.24, 2.45) is 17.8 Å². The van der Waals surface area contributed by atoms with Crippen molar-refractivity contribution < 1.29 is 8.85 Å². The molecule has 0 bridgehead atoms. The predicted molar refractivity (Wildman–Crippen MR) is 91.7 cm³/mol. The van der Waals surface area contributed by atoms with Gasteiger partial charge in [0.1, 0.15) is 0 Å². The number of hydrogen-bond acceptors (Lipinski definition) is 2. The zero-order chi connectivity index (χ0) is 15.5. The van der Waals surface area contributed by atoms with Crippen LogP contribution < -0.4 is 0 Å². The molecule has 2 saturated carbocycles. The van der Waals surface area contributed by atoms with E-state index in [2.05, 4.69) is 34.6 Å². The Morgan fingerprint density at radius 3 is 1.86 bits per heavy atom. The van der Waals surface area contributed by atoms with Crippen LogP contribution in [0.25, 0.3) is 0 Å². The molecule has 4 atom stereocenters. The maximum atomic E-state index is 6.58. The summed E-state index contributed by atoms with van der Waals surface area (Å²) in [7, 11) is -2.11. The van der Waals surface area contributed by atoms with Crippen LogP contribution in [0.2, 0.25) is 11.1 Å². The summed E-state index contributed by atoms with van der Waals surface area (Å²) in [6.07, 6.45) is 8.19. The molecule has 0 aliphatic heterocycles. The van der Waals surface area contributed by atoms with E-state index in [1.54, 1.807) is 0 Å². The third-order valence-electron chi connectivity index (χ3n) is 6.42. The second-order valence-corrected chi connectivity index (χ2v) is 11.0. The highest BCUT2D eigenvalue weighted by molar-refractivity contribution is 6.70. The van der Waals surface area contributed by atoms with Crippen LogP contribution in [0.1, 0.15) is 73.1 Å². The highest BCUT2D eigenvalue weighted by atomic mass is 28.4. The molecule has 4 unspecified atom stereocenters. The Balaban J connectivity index is 2.29. The average molecular weight is 313 g/mol. The van der Waals surface area contributed by atoms with Crippen molar-refractivity contribution in [1.82, 2.24) is 0 Å². The van der Waals surface area contributed by atoms with E-state index in [1.807, 2.05) is 0 Å². The van der Waals surface area contributed by atoms with Gasteiger partial charge in [0, 0.05) is 24.3 Å². The van der Waals surface area contributed by atoms with E-state index < -0.39 is 8.56 Å². The van der Waals surface area contributed by atoms with Gasteiger partial charge in [0.25, 0.3) is 0 Å². The van der Waals surface area contributed by atoms with Gasteiger partial charge in [-0.2, -0.15) is 0 Å². The SMILES string of the molecule is CCO[Si](OCC)(C1CCCCC1)C1CC(C)C(C)C1C. The molecule has 0 amide bonds. The fourth-order valence-electron chi connectivity index (χ4n) is 5.00. The first-order chi connectivity index (χ1) is 10.1. The lowest BCUT2D eigenvalue weighted by molar-refractivity contribution is 0.146. The molecule has 0 aromatic rings. The molecule has 0 aromatic carbocycles. The van der Waals surface area contributed by atoms with Crippen LogP contribution in [-0.4, -0.2) is 21.8 Å². The summed E-state index contributed by atoms with van der Waals surface area (Å²) in [5.74, 6) is 2.39. The van der Waals surface area contributed by atoms with Gasteiger partial charge in [-0.25, -0.2) is 0 Å². The smallest absolute Gasteiger partial charge is 0.344 e. The fraction of sp³-hybridized carbons (Fsp3) is 1.00. The van der Waals surface area contributed by atoms with E-state index in [-0.39, 0.29) is 0 Å². The van der Waals surface area contributed by atoms with Crippen LogP contribution in [0.15, 0.2) is 0 Å². The second kappa shape index (κ2) is 7.61. The number of hydrogen-bond donors (Lipinski definition) is 0. The molecule has 2 fully saturated rings. The van der Waals surface area contributed by atoms with Crippen LogP contribution in [0, 0.1) is 17.8 Å². The Morgan fingerprint density at radius 2 is 1.43 bits per heavy atom. The van der Waals surface area contributed by atoms with Crippen LogP contribution in [0.4, 0.5) is 0 Å². The minimum atomic E-state index is -2.11. The maximum Gasteiger partial charge on any atom is 0.344 e. The molecule has 124 valence electrons. The largest absolute Gasteiger partial charge is 0.394 e. The van der Waals surface area contributed by atoms with Gasteiger partial charge in [0.05, 0.1) is 0 Å². The van der Waals surface area contributed by atoms with Crippen molar-refractivity contribution in [2.45, 2.75) is 84.2 Å². The van der Waals surface area contributed by atoms with Crippen LogP contribution >= 0.6 is 0 Å². The minimum Gasteiger partial charge on any atom is -0.394 e. The molecule has 0 aromatic heterocycles. The van der Waals surface area contributed by atoms with Crippen molar-refractivity contribution >= 4 is 8.56 Å². The van der Waals surface area contributed by atoms with Gasteiger partial charge in [0.2, 0.25) is 0 Å². The Kier molecular flexibility index (Phi) is 6.34. The zero-order valence-corrected chi connectivity index (χ0v) is 15.9. The summed E-state index contributed by atoms with van der Waals surface area (Å²) >= 11 is 0. The lowest BCUT2D eigenvalue weighted by Crippen LogP contribution is -2.53. The van der Waals surface area contributed by atoms with Crippen molar-refractivity contribution in [1.29, 1.82) is 0 Å². The molecule has 2 aliphatic carbocycles. The summed E-state index contributed by atoms with van der Waals surface area (Å²) in [6.45, 7) is 13.3. The van der Waals surface area contributed by atoms with Gasteiger partial charge in [0.15, 0.2) is 0 Å². The maximum absolute atomic E-state index is 6.58. The molecular weight excluding hydrogens is 276 g/mol. The van der Waals surface area contributed by atoms with Crippen molar-refractivity contribution in [3.8, 4) is 0 Å². The van der Waals surface area contributed by atoms with Gasteiger partial charge in [-0.15, -0.1) is 0 Å². The third-order valence-corrected chi connectivity index (χ3v) is 11.4. The average Bonchev–Trinajstić information content (AvgIpc) is 2.76. The lowest BCUT2D eigenvalue weighted by Gasteiger charge is -2.44. The van der Waals surface area contributed by atoms with Crippen LogP contribution in [-0.2, 0) is 8.85 Å². The third kappa shape index (κ3) is 3.40.